The predicted octanol–water partition coefficient (Wildman–Crippen LogP) is 3.24. The van der Waals surface area contributed by atoms with Gasteiger partial charge < -0.3 is 15.5 Å². The maximum absolute atomic E-state index is 9.62. The lowest BCUT2D eigenvalue weighted by Crippen LogP contribution is -2.16. The third-order valence-corrected chi connectivity index (χ3v) is 4.07. The number of hydrogen-bond donors (Lipinski definition) is 3. The molecule has 0 unspecified atom stereocenters. The average molecular weight is 292 g/mol. The van der Waals surface area contributed by atoms with E-state index in [1.807, 2.05) is 7.05 Å². The Balaban J connectivity index is 2.49. The second kappa shape index (κ2) is 5.42. The molecular formula is C15H20N2O2S. The first-order chi connectivity index (χ1) is 9.32. The van der Waals surface area contributed by atoms with Crippen LogP contribution in [0, 0.1) is 0 Å². The molecular weight excluding hydrogens is 272 g/mol. The van der Waals surface area contributed by atoms with Crippen molar-refractivity contribution in [2.24, 2.45) is 0 Å². The van der Waals surface area contributed by atoms with E-state index >= 15 is 0 Å². The topological polar surface area (TPSA) is 65.4 Å². The molecule has 2 aromatic rings. The third-order valence-electron chi connectivity index (χ3n) is 2.97. The lowest BCUT2D eigenvalue weighted by molar-refractivity contribution is 0.404. The molecule has 5 heteroatoms. The zero-order valence-corrected chi connectivity index (χ0v) is 13.0. The van der Waals surface area contributed by atoms with Crippen molar-refractivity contribution in [3.05, 3.63) is 28.8 Å². The summed E-state index contributed by atoms with van der Waals surface area (Å²) in [5.41, 5.74) is 1.86. The van der Waals surface area contributed by atoms with Gasteiger partial charge in [-0.1, -0.05) is 20.8 Å². The summed E-state index contributed by atoms with van der Waals surface area (Å²) in [6.45, 7) is 7.19. The largest absolute Gasteiger partial charge is 0.504 e. The molecule has 4 nitrogen and oxygen atoms in total. The molecule has 3 N–H and O–H groups in total. The molecule has 0 radical (unpaired) electrons. The van der Waals surface area contributed by atoms with E-state index in [1.165, 1.54) is 10.9 Å². The highest BCUT2D eigenvalue weighted by Gasteiger charge is 2.23. The van der Waals surface area contributed by atoms with Crippen LogP contribution >= 0.6 is 11.3 Å². The van der Waals surface area contributed by atoms with Crippen LogP contribution in [0.15, 0.2) is 18.2 Å². The van der Waals surface area contributed by atoms with Crippen molar-refractivity contribution in [2.45, 2.75) is 32.7 Å². The summed E-state index contributed by atoms with van der Waals surface area (Å²) >= 11 is 1.61. The molecule has 1 aromatic carbocycles. The fraction of sp³-hybridized carbons (Fsp3) is 0.400. The monoisotopic (exact) mass is 292 g/mol. The minimum absolute atomic E-state index is 0.0279. The van der Waals surface area contributed by atoms with Crippen molar-refractivity contribution >= 4 is 11.3 Å². The van der Waals surface area contributed by atoms with Crippen LogP contribution in [0.5, 0.6) is 11.5 Å². The van der Waals surface area contributed by atoms with Gasteiger partial charge >= 0.3 is 0 Å². The van der Waals surface area contributed by atoms with Gasteiger partial charge in [-0.15, -0.1) is 11.3 Å². The number of phenolic OH excluding ortho intramolecular Hbond substituents is 2. The summed E-state index contributed by atoms with van der Waals surface area (Å²) in [5, 5.41) is 23.0. The molecule has 0 aliphatic carbocycles. The van der Waals surface area contributed by atoms with Crippen molar-refractivity contribution < 1.29 is 10.2 Å². The number of aromatic nitrogens is 1. The van der Waals surface area contributed by atoms with Gasteiger partial charge in [-0.3, -0.25) is 0 Å². The first kappa shape index (κ1) is 14.8. The van der Waals surface area contributed by atoms with Gasteiger partial charge in [-0.2, -0.15) is 0 Å². The lowest BCUT2D eigenvalue weighted by Gasteiger charge is -2.17. The van der Waals surface area contributed by atoms with Gasteiger partial charge in [0.2, 0.25) is 0 Å². The van der Waals surface area contributed by atoms with E-state index in [0.29, 0.717) is 0 Å². The summed E-state index contributed by atoms with van der Waals surface area (Å²) in [6.07, 6.45) is 0. The number of thiazole rings is 1. The smallest absolute Gasteiger partial charge is 0.158 e. The van der Waals surface area contributed by atoms with E-state index in [9.17, 15) is 10.2 Å². The average Bonchev–Trinajstić information content (AvgIpc) is 2.77. The molecule has 108 valence electrons. The Morgan fingerprint density at radius 2 is 1.90 bits per heavy atom. The Morgan fingerprint density at radius 3 is 2.45 bits per heavy atom. The molecule has 0 fully saturated rings. The zero-order valence-electron chi connectivity index (χ0n) is 12.2. The van der Waals surface area contributed by atoms with Gasteiger partial charge in [-0.05, 0) is 25.2 Å². The predicted molar refractivity (Wildman–Crippen MR) is 82.3 cm³/mol. The van der Waals surface area contributed by atoms with Crippen molar-refractivity contribution in [1.29, 1.82) is 0 Å². The number of aromatic hydroxyl groups is 2. The molecule has 0 aliphatic rings. The molecule has 0 saturated carbocycles. The van der Waals surface area contributed by atoms with Crippen molar-refractivity contribution in [1.82, 2.24) is 10.3 Å². The molecule has 0 saturated heterocycles. The van der Waals surface area contributed by atoms with Gasteiger partial charge in [0, 0.05) is 22.4 Å². The highest BCUT2D eigenvalue weighted by atomic mass is 32.1. The summed E-state index contributed by atoms with van der Waals surface area (Å²) in [6, 6.07) is 4.80. The standard InChI is InChI=1S/C15H20N2O2S/c1-15(2,3)13-12(8-16-4)20-14(17-13)9-5-6-10(18)11(19)7-9/h5-7,16,18-19H,8H2,1-4H3. The van der Waals surface area contributed by atoms with Crippen molar-refractivity contribution in [3.63, 3.8) is 0 Å². The van der Waals surface area contributed by atoms with Gasteiger partial charge in [0.05, 0.1) is 5.69 Å². The Labute approximate surface area is 123 Å². The molecule has 0 bridgehead atoms. The maximum Gasteiger partial charge on any atom is 0.158 e. The molecule has 1 heterocycles. The number of benzene rings is 1. The van der Waals surface area contributed by atoms with Crippen molar-refractivity contribution in [2.75, 3.05) is 7.05 Å². The number of nitrogens with one attached hydrogen (secondary N) is 1. The molecule has 0 atom stereocenters. The van der Waals surface area contributed by atoms with Gasteiger partial charge in [0.1, 0.15) is 5.01 Å². The number of nitrogens with zero attached hydrogens (tertiary/aromatic N) is 1. The number of rotatable bonds is 3. The zero-order chi connectivity index (χ0) is 14.9. The van der Waals surface area contributed by atoms with E-state index in [0.717, 1.165) is 22.8 Å². The van der Waals surface area contributed by atoms with E-state index in [2.05, 4.69) is 26.1 Å². The third kappa shape index (κ3) is 2.94. The summed E-state index contributed by atoms with van der Waals surface area (Å²) < 4.78 is 0. The van der Waals surface area contributed by atoms with Crippen LogP contribution in [-0.2, 0) is 12.0 Å². The van der Waals surface area contributed by atoms with Crippen LogP contribution in [0.4, 0.5) is 0 Å². The fourth-order valence-corrected chi connectivity index (χ4v) is 3.28. The van der Waals surface area contributed by atoms with Crippen LogP contribution in [0.1, 0.15) is 31.3 Å². The molecule has 2 rings (SSSR count). The molecule has 0 aliphatic heterocycles. The minimum Gasteiger partial charge on any atom is -0.504 e. The summed E-state index contributed by atoms with van der Waals surface area (Å²) in [4.78, 5) is 5.92. The Kier molecular flexibility index (Phi) is 4.01. The number of phenols is 2. The SMILES string of the molecule is CNCc1sc(-c2ccc(O)c(O)c2)nc1C(C)(C)C. The second-order valence-electron chi connectivity index (χ2n) is 5.77. The van der Waals surface area contributed by atoms with Crippen LogP contribution < -0.4 is 5.32 Å². The quantitative estimate of drug-likeness (QED) is 0.760. The van der Waals surface area contributed by atoms with Crippen LogP contribution in [0.25, 0.3) is 10.6 Å². The van der Waals surface area contributed by atoms with Crippen molar-refractivity contribution in [3.8, 4) is 22.1 Å². The van der Waals surface area contributed by atoms with Crippen LogP contribution in [-0.4, -0.2) is 22.2 Å². The second-order valence-corrected chi connectivity index (χ2v) is 6.86. The Bertz CT molecular complexity index is 615. The summed E-state index contributed by atoms with van der Waals surface area (Å²) in [7, 11) is 1.91. The molecule has 1 aromatic heterocycles. The van der Waals surface area contributed by atoms with Gasteiger partial charge in [0.25, 0.3) is 0 Å². The first-order valence-corrected chi connectivity index (χ1v) is 7.31. The van der Waals surface area contributed by atoms with Crippen LogP contribution in [0.2, 0.25) is 0 Å². The highest BCUT2D eigenvalue weighted by Crippen LogP contribution is 2.37. The maximum atomic E-state index is 9.62. The van der Waals surface area contributed by atoms with E-state index in [-0.39, 0.29) is 16.9 Å². The fourth-order valence-electron chi connectivity index (χ4n) is 2.00. The van der Waals surface area contributed by atoms with Gasteiger partial charge in [-0.25, -0.2) is 4.98 Å². The van der Waals surface area contributed by atoms with E-state index in [1.54, 1.807) is 23.5 Å². The van der Waals surface area contributed by atoms with Gasteiger partial charge in [0.15, 0.2) is 11.5 Å². The van der Waals surface area contributed by atoms with E-state index < -0.39 is 0 Å². The Morgan fingerprint density at radius 1 is 1.20 bits per heavy atom. The molecule has 0 spiro atoms. The van der Waals surface area contributed by atoms with Crippen LogP contribution in [0.3, 0.4) is 0 Å². The highest BCUT2D eigenvalue weighted by molar-refractivity contribution is 7.15. The lowest BCUT2D eigenvalue weighted by atomic mass is 9.91. The minimum atomic E-state index is -0.120. The Hall–Kier alpha value is -1.59. The number of hydrogen-bond acceptors (Lipinski definition) is 5. The summed E-state index contributed by atoms with van der Waals surface area (Å²) in [5.74, 6) is -0.234. The molecule has 0 amide bonds. The first-order valence-electron chi connectivity index (χ1n) is 6.50. The molecule has 20 heavy (non-hydrogen) atoms. The normalized spacial score (nSPS) is 11.8. The van der Waals surface area contributed by atoms with E-state index in [4.69, 9.17) is 4.98 Å².